The second-order valence-electron chi connectivity index (χ2n) is 10.3. The summed E-state index contributed by atoms with van der Waals surface area (Å²) in [5.74, 6) is 1.12. The molecule has 0 atom stereocenters. The Morgan fingerprint density at radius 3 is 2.14 bits per heavy atom. The SMILES string of the molecule is CN1CCN(S(=O)(=O)c2cc([N+](=O)[O-])ccc2N/N=C\c2ccc(OCc3ccccc3)cc2OCc2ccccc2)CC1. The molecule has 0 unspecified atom stereocenters. The van der Waals surface area contributed by atoms with Crippen molar-refractivity contribution in [3.05, 3.63) is 124 Å². The lowest BCUT2D eigenvalue weighted by molar-refractivity contribution is -0.385. The fourth-order valence-corrected chi connectivity index (χ4v) is 6.17. The van der Waals surface area contributed by atoms with E-state index in [1.807, 2.05) is 72.6 Å². The topological polar surface area (TPSA) is 127 Å². The number of likely N-dealkylation sites (N-methyl/N-ethyl adjacent to an activating group) is 1. The molecule has 1 fully saturated rings. The number of nitro benzene ring substituents is 1. The summed E-state index contributed by atoms with van der Waals surface area (Å²) in [7, 11) is -2.11. The van der Waals surface area contributed by atoms with E-state index in [4.69, 9.17) is 9.47 Å². The van der Waals surface area contributed by atoms with Gasteiger partial charge in [-0.15, -0.1) is 0 Å². The predicted octanol–water partition coefficient (Wildman–Crippen LogP) is 5.13. The van der Waals surface area contributed by atoms with Gasteiger partial charge in [-0.05, 0) is 36.4 Å². The van der Waals surface area contributed by atoms with E-state index in [-0.39, 0.29) is 29.4 Å². The number of rotatable bonds is 12. The summed E-state index contributed by atoms with van der Waals surface area (Å²) in [6.45, 7) is 2.39. The van der Waals surface area contributed by atoms with Gasteiger partial charge in [-0.2, -0.15) is 9.41 Å². The zero-order valence-electron chi connectivity index (χ0n) is 24.2. The zero-order chi connectivity index (χ0) is 30.9. The van der Waals surface area contributed by atoms with Crippen LogP contribution in [0.1, 0.15) is 16.7 Å². The summed E-state index contributed by atoms with van der Waals surface area (Å²) in [5.41, 5.74) is 5.21. The van der Waals surface area contributed by atoms with Crippen LogP contribution in [0.4, 0.5) is 11.4 Å². The summed E-state index contributed by atoms with van der Waals surface area (Å²) < 4.78 is 40.6. The van der Waals surface area contributed by atoms with Crippen LogP contribution >= 0.6 is 0 Å². The minimum absolute atomic E-state index is 0.125. The lowest BCUT2D eigenvalue weighted by Gasteiger charge is -2.31. The predicted molar refractivity (Wildman–Crippen MR) is 169 cm³/mol. The molecule has 0 aliphatic carbocycles. The Morgan fingerprint density at radius 2 is 1.50 bits per heavy atom. The Kier molecular flexibility index (Phi) is 9.85. The Bertz CT molecular complexity index is 1710. The Balaban J connectivity index is 1.39. The average Bonchev–Trinajstić information content (AvgIpc) is 3.04. The van der Waals surface area contributed by atoms with Crippen molar-refractivity contribution in [1.82, 2.24) is 9.21 Å². The van der Waals surface area contributed by atoms with E-state index in [0.29, 0.717) is 43.4 Å². The molecule has 228 valence electrons. The van der Waals surface area contributed by atoms with Crippen molar-refractivity contribution in [2.24, 2.45) is 5.10 Å². The van der Waals surface area contributed by atoms with Crippen LogP contribution in [0.3, 0.4) is 0 Å². The molecular formula is C32H33N5O6S. The molecule has 5 rings (SSSR count). The molecule has 11 nitrogen and oxygen atoms in total. The number of hydrogen-bond acceptors (Lipinski definition) is 9. The molecule has 0 bridgehead atoms. The van der Waals surface area contributed by atoms with Crippen molar-refractivity contribution in [3.63, 3.8) is 0 Å². The number of nitro groups is 1. The standard InChI is InChI=1S/C32H33N5O6S/c1-35-16-18-36(19-17-35)44(40,41)32-20-28(37(38)39)13-15-30(32)34-33-22-27-12-14-29(42-23-25-8-4-2-5-9-25)21-31(27)43-24-26-10-6-3-7-11-26/h2-15,20-22,34H,16-19,23-24H2,1H3/b33-22-. The Hall–Kier alpha value is -4.78. The summed E-state index contributed by atoms with van der Waals surface area (Å²) in [6.07, 6.45) is 1.51. The quantitative estimate of drug-likeness (QED) is 0.132. The van der Waals surface area contributed by atoms with Crippen LogP contribution in [-0.2, 0) is 23.2 Å². The smallest absolute Gasteiger partial charge is 0.270 e. The molecular weight excluding hydrogens is 582 g/mol. The highest BCUT2D eigenvalue weighted by atomic mass is 32.2. The van der Waals surface area contributed by atoms with Crippen molar-refractivity contribution < 1.29 is 22.8 Å². The highest BCUT2D eigenvalue weighted by molar-refractivity contribution is 7.89. The van der Waals surface area contributed by atoms with Crippen LogP contribution in [-0.4, -0.2) is 62.0 Å². The van der Waals surface area contributed by atoms with Gasteiger partial charge in [0, 0.05) is 49.9 Å². The van der Waals surface area contributed by atoms with Crippen LogP contribution in [0, 0.1) is 10.1 Å². The third-order valence-electron chi connectivity index (χ3n) is 7.12. The van der Waals surface area contributed by atoms with Crippen LogP contribution in [0.15, 0.2) is 107 Å². The largest absolute Gasteiger partial charge is 0.489 e. The van der Waals surface area contributed by atoms with Crippen molar-refractivity contribution in [2.75, 3.05) is 38.7 Å². The van der Waals surface area contributed by atoms with Crippen LogP contribution in [0.5, 0.6) is 11.5 Å². The fourth-order valence-electron chi connectivity index (χ4n) is 4.58. The number of benzene rings is 4. The lowest BCUT2D eigenvalue weighted by Crippen LogP contribution is -2.47. The maximum Gasteiger partial charge on any atom is 0.270 e. The molecule has 1 aliphatic rings. The average molecular weight is 616 g/mol. The van der Waals surface area contributed by atoms with Gasteiger partial charge in [-0.3, -0.25) is 15.5 Å². The molecule has 1 heterocycles. The molecule has 4 aromatic carbocycles. The molecule has 0 spiro atoms. The number of non-ortho nitro benzene ring substituents is 1. The molecule has 44 heavy (non-hydrogen) atoms. The number of piperazine rings is 1. The number of hydrogen-bond donors (Lipinski definition) is 1. The second-order valence-corrected chi connectivity index (χ2v) is 12.2. The van der Waals surface area contributed by atoms with E-state index in [1.165, 1.54) is 22.7 Å². The molecule has 1 aliphatic heterocycles. The van der Waals surface area contributed by atoms with E-state index in [9.17, 15) is 18.5 Å². The van der Waals surface area contributed by atoms with Gasteiger partial charge < -0.3 is 14.4 Å². The maximum atomic E-state index is 13.6. The molecule has 1 N–H and O–H groups in total. The van der Waals surface area contributed by atoms with E-state index < -0.39 is 14.9 Å². The van der Waals surface area contributed by atoms with Crippen LogP contribution < -0.4 is 14.9 Å². The van der Waals surface area contributed by atoms with Gasteiger partial charge in [-0.1, -0.05) is 60.7 Å². The number of hydrazone groups is 1. The minimum atomic E-state index is -4.02. The molecule has 12 heteroatoms. The first-order chi connectivity index (χ1) is 21.3. The van der Waals surface area contributed by atoms with E-state index in [0.717, 1.165) is 17.2 Å². The summed E-state index contributed by atoms with van der Waals surface area (Å²) >= 11 is 0. The van der Waals surface area contributed by atoms with Crippen molar-refractivity contribution in [1.29, 1.82) is 0 Å². The highest BCUT2D eigenvalue weighted by Gasteiger charge is 2.31. The number of anilines is 1. The van der Waals surface area contributed by atoms with Gasteiger partial charge in [0.05, 0.1) is 16.8 Å². The lowest BCUT2D eigenvalue weighted by atomic mass is 10.2. The first-order valence-electron chi connectivity index (χ1n) is 14.0. The van der Waals surface area contributed by atoms with Gasteiger partial charge >= 0.3 is 0 Å². The molecule has 4 aromatic rings. The Morgan fingerprint density at radius 1 is 0.864 bits per heavy atom. The first-order valence-corrected chi connectivity index (χ1v) is 15.5. The molecule has 0 radical (unpaired) electrons. The second kappa shape index (κ2) is 14.1. The van der Waals surface area contributed by atoms with E-state index >= 15 is 0 Å². The summed E-state index contributed by atoms with van der Waals surface area (Å²) in [6, 6.07) is 28.6. The number of ether oxygens (including phenoxy) is 2. The third kappa shape index (κ3) is 7.78. The van der Waals surface area contributed by atoms with Crippen molar-refractivity contribution in [2.45, 2.75) is 18.1 Å². The van der Waals surface area contributed by atoms with Gasteiger partial charge in [0.1, 0.15) is 29.6 Å². The summed E-state index contributed by atoms with van der Waals surface area (Å²) in [4.78, 5) is 12.7. The van der Waals surface area contributed by atoms with Gasteiger partial charge in [0.2, 0.25) is 10.0 Å². The van der Waals surface area contributed by atoms with E-state index in [1.54, 1.807) is 18.2 Å². The first kappa shape index (κ1) is 30.7. The van der Waals surface area contributed by atoms with E-state index in [2.05, 4.69) is 10.5 Å². The molecule has 0 aromatic heterocycles. The van der Waals surface area contributed by atoms with Crippen LogP contribution in [0.2, 0.25) is 0 Å². The zero-order valence-corrected chi connectivity index (χ0v) is 25.0. The van der Waals surface area contributed by atoms with Gasteiger partial charge in [-0.25, -0.2) is 8.42 Å². The van der Waals surface area contributed by atoms with Crippen molar-refractivity contribution in [3.8, 4) is 11.5 Å². The molecule has 0 amide bonds. The summed E-state index contributed by atoms with van der Waals surface area (Å²) in [5, 5.41) is 15.8. The number of sulfonamides is 1. The van der Waals surface area contributed by atoms with Crippen molar-refractivity contribution >= 4 is 27.6 Å². The minimum Gasteiger partial charge on any atom is -0.489 e. The van der Waals surface area contributed by atoms with Gasteiger partial charge in [0.15, 0.2) is 0 Å². The Labute approximate surface area is 256 Å². The van der Waals surface area contributed by atoms with Gasteiger partial charge in [0.25, 0.3) is 5.69 Å². The highest BCUT2D eigenvalue weighted by Crippen LogP contribution is 2.30. The fraction of sp³-hybridized carbons (Fsp3) is 0.219. The number of nitrogens with one attached hydrogen (secondary N) is 1. The normalized spacial score (nSPS) is 14.4. The monoisotopic (exact) mass is 615 g/mol. The number of nitrogens with zero attached hydrogens (tertiary/aromatic N) is 4. The molecule has 0 saturated carbocycles. The maximum absolute atomic E-state index is 13.6. The molecule has 1 saturated heterocycles. The van der Waals surface area contributed by atoms with Crippen LogP contribution in [0.25, 0.3) is 0 Å². The third-order valence-corrected chi connectivity index (χ3v) is 9.05.